The molecular formula is C11H15NOS. The minimum absolute atomic E-state index is 0.175. The number of primary amides is 1. The maximum atomic E-state index is 10.9. The first-order chi connectivity index (χ1) is 6.59. The van der Waals surface area contributed by atoms with Gasteiger partial charge in [-0.1, -0.05) is 0 Å². The van der Waals surface area contributed by atoms with Crippen LogP contribution in [-0.4, -0.2) is 5.91 Å². The van der Waals surface area contributed by atoms with Crippen molar-refractivity contribution in [1.29, 1.82) is 0 Å². The van der Waals surface area contributed by atoms with Crippen molar-refractivity contribution in [2.75, 3.05) is 0 Å². The number of carbonyl (C=O) groups is 1. The Bertz CT molecular complexity index is 381. The van der Waals surface area contributed by atoms with Crippen molar-refractivity contribution in [3.05, 3.63) is 20.9 Å². The minimum atomic E-state index is -0.175. The van der Waals surface area contributed by atoms with Crippen molar-refractivity contribution in [3.8, 4) is 0 Å². The Morgan fingerprint density at radius 3 is 2.93 bits per heavy atom. The molecule has 2 rings (SSSR count). The van der Waals surface area contributed by atoms with Crippen LogP contribution in [0.15, 0.2) is 0 Å². The number of rotatable bonds is 2. The molecule has 14 heavy (non-hydrogen) atoms. The number of hydrogen-bond acceptors (Lipinski definition) is 2. The number of nitrogens with two attached hydrogens (primary N) is 1. The van der Waals surface area contributed by atoms with Gasteiger partial charge in [0, 0.05) is 16.2 Å². The molecular weight excluding hydrogens is 194 g/mol. The smallest absolute Gasteiger partial charge is 0.218 e. The fraction of sp³-hybridized carbons (Fsp3) is 0.545. The maximum Gasteiger partial charge on any atom is 0.218 e. The Kier molecular flexibility index (Phi) is 2.35. The van der Waals surface area contributed by atoms with Gasteiger partial charge in [0.1, 0.15) is 0 Å². The second kappa shape index (κ2) is 3.39. The van der Waals surface area contributed by atoms with E-state index in [1.165, 1.54) is 20.9 Å². The molecule has 1 aliphatic rings. The fourth-order valence-corrected chi connectivity index (χ4v) is 3.61. The Morgan fingerprint density at radius 1 is 1.57 bits per heavy atom. The summed E-state index contributed by atoms with van der Waals surface area (Å²) in [6.45, 7) is 4.31. The Balaban J connectivity index is 2.32. The van der Waals surface area contributed by atoms with Crippen molar-refractivity contribution >= 4 is 17.2 Å². The molecule has 1 atom stereocenters. The number of thiophene rings is 1. The van der Waals surface area contributed by atoms with Gasteiger partial charge in [0.05, 0.1) is 0 Å². The van der Waals surface area contributed by atoms with Crippen molar-refractivity contribution in [1.82, 2.24) is 0 Å². The zero-order chi connectivity index (χ0) is 10.3. The molecule has 0 bridgehead atoms. The molecule has 1 aromatic rings. The summed E-state index contributed by atoms with van der Waals surface area (Å²) in [6.07, 6.45) is 2.75. The van der Waals surface area contributed by atoms with Gasteiger partial charge in [0.2, 0.25) is 5.91 Å². The molecule has 0 saturated carbocycles. The lowest BCUT2D eigenvalue weighted by Gasteiger charge is -2.08. The van der Waals surface area contributed by atoms with Gasteiger partial charge in [-0.05, 0) is 43.7 Å². The molecule has 1 aliphatic carbocycles. The molecule has 0 saturated heterocycles. The van der Waals surface area contributed by atoms with Crippen molar-refractivity contribution in [2.45, 2.75) is 39.0 Å². The summed E-state index contributed by atoms with van der Waals surface area (Å²) in [5, 5.41) is 0. The number of carbonyl (C=O) groups excluding carboxylic acids is 1. The van der Waals surface area contributed by atoms with Gasteiger partial charge in [0.25, 0.3) is 0 Å². The van der Waals surface area contributed by atoms with E-state index >= 15 is 0 Å². The van der Waals surface area contributed by atoms with Gasteiger partial charge in [-0.25, -0.2) is 0 Å². The fourth-order valence-electron chi connectivity index (χ4n) is 2.33. The minimum Gasteiger partial charge on any atom is -0.370 e. The molecule has 2 N–H and O–H groups in total. The van der Waals surface area contributed by atoms with Gasteiger partial charge < -0.3 is 5.73 Å². The summed E-state index contributed by atoms with van der Waals surface area (Å²) in [7, 11) is 0. The number of hydrogen-bond donors (Lipinski definition) is 1. The van der Waals surface area contributed by atoms with Gasteiger partial charge in [-0.15, -0.1) is 11.3 Å². The third kappa shape index (κ3) is 1.46. The number of amides is 1. The van der Waals surface area contributed by atoms with Gasteiger partial charge >= 0.3 is 0 Å². The van der Waals surface area contributed by atoms with E-state index in [9.17, 15) is 4.79 Å². The van der Waals surface area contributed by atoms with Gasteiger partial charge in [-0.3, -0.25) is 4.79 Å². The number of fused-ring (bicyclic) bond motifs is 1. The quantitative estimate of drug-likeness (QED) is 0.797. The Morgan fingerprint density at radius 2 is 2.29 bits per heavy atom. The molecule has 3 heteroatoms. The molecule has 1 aromatic heterocycles. The summed E-state index contributed by atoms with van der Waals surface area (Å²) < 4.78 is 0. The van der Waals surface area contributed by atoms with Gasteiger partial charge in [0.15, 0.2) is 0 Å². The molecule has 0 fully saturated rings. The molecule has 0 aliphatic heterocycles. The van der Waals surface area contributed by atoms with E-state index in [2.05, 4.69) is 13.8 Å². The first-order valence-electron chi connectivity index (χ1n) is 4.96. The summed E-state index contributed by atoms with van der Waals surface area (Å²) in [5.41, 5.74) is 8.06. The molecule has 0 radical (unpaired) electrons. The summed E-state index contributed by atoms with van der Waals surface area (Å²) in [6, 6.07) is 0. The van der Waals surface area contributed by atoms with Crippen molar-refractivity contribution < 1.29 is 4.79 Å². The molecule has 1 unspecified atom stereocenters. The highest BCUT2D eigenvalue weighted by Crippen LogP contribution is 2.43. The van der Waals surface area contributed by atoms with Crippen LogP contribution >= 0.6 is 11.3 Å². The number of aryl methyl sites for hydroxylation is 2. The lowest BCUT2D eigenvalue weighted by atomic mass is 9.96. The predicted octanol–water partition coefficient (Wildman–Crippen LogP) is 2.27. The third-order valence-corrected chi connectivity index (χ3v) is 4.37. The second-order valence-electron chi connectivity index (χ2n) is 4.03. The van der Waals surface area contributed by atoms with E-state index in [1.807, 2.05) is 11.3 Å². The van der Waals surface area contributed by atoms with E-state index < -0.39 is 0 Å². The Hall–Kier alpha value is -0.830. The standard InChI is InChI=1S/C11H15NOS/c1-6-7(2)14-9-4-3-8(11(6)9)5-10(12)13/h8H,3-5H2,1-2H3,(H2,12,13). The first kappa shape index (κ1) is 9.71. The topological polar surface area (TPSA) is 43.1 Å². The lowest BCUT2D eigenvalue weighted by molar-refractivity contribution is -0.118. The molecule has 1 amide bonds. The molecule has 76 valence electrons. The molecule has 0 spiro atoms. The van der Waals surface area contributed by atoms with E-state index in [0.717, 1.165) is 12.8 Å². The molecule has 1 heterocycles. The van der Waals surface area contributed by atoms with Crippen LogP contribution in [0, 0.1) is 13.8 Å². The highest BCUT2D eigenvalue weighted by Gasteiger charge is 2.28. The first-order valence-corrected chi connectivity index (χ1v) is 5.78. The largest absolute Gasteiger partial charge is 0.370 e. The van der Waals surface area contributed by atoms with E-state index in [0.29, 0.717) is 12.3 Å². The maximum absolute atomic E-state index is 10.9. The summed E-state index contributed by atoms with van der Waals surface area (Å²) in [5.74, 6) is 0.221. The zero-order valence-corrected chi connectivity index (χ0v) is 9.41. The lowest BCUT2D eigenvalue weighted by Crippen LogP contribution is -2.14. The second-order valence-corrected chi connectivity index (χ2v) is 5.34. The average molecular weight is 209 g/mol. The van der Waals surface area contributed by atoms with Crippen molar-refractivity contribution in [2.24, 2.45) is 5.73 Å². The van der Waals surface area contributed by atoms with E-state index in [1.54, 1.807) is 0 Å². The average Bonchev–Trinajstić information content (AvgIpc) is 2.57. The summed E-state index contributed by atoms with van der Waals surface area (Å²) >= 11 is 1.88. The monoisotopic (exact) mass is 209 g/mol. The van der Waals surface area contributed by atoms with E-state index in [4.69, 9.17) is 5.73 Å². The highest BCUT2D eigenvalue weighted by atomic mass is 32.1. The zero-order valence-electron chi connectivity index (χ0n) is 8.59. The van der Waals surface area contributed by atoms with Crippen LogP contribution in [-0.2, 0) is 11.2 Å². The van der Waals surface area contributed by atoms with Crippen LogP contribution in [0.4, 0.5) is 0 Å². The van der Waals surface area contributed by atoms with Gasteiger partial charge in [-0.2, -0.15) is 0 Å². The third-order valence-electron chi connectivity index (χ3n) is 3.08. The van der Waals surface area contributed by atoms with Crippen LogP contribution in [0.3, 0.4) is 0 Å². The highest BCUT2D eigenvalue weighted by molar-refractivity contribution is 7.12. The van der Waals surface area contributed by atoms with Crippen LogP contribution in [0.1, 0.15) is 39.6 Å². The molecule has 2 nitrogen and oxygen atoms in total. The van der Waals surface area contributed by atoms with Crippen molar-refractivity contribution in [3.63, 3.8) is 0 Å². The SMILES string of the molecule is Cc1sc2c(c1C)C(CC(N)=O)CC2. The van der Waals surface area contributed by atoms with Crippen LogP contribution in [0.2, 0.25) is 0 Å². The Labute approximate surface area is 88.1 Å². The summed E-state index contributed by atoms with van der Waals surface area (Å²) in [4.78, 5) is 13.8. The van der Waals surface area contributed by atoms with Crippen LogP contribution in [0.25, 0.3) is 0 Å². The molecule has 0 aromatic carbocycles. The van der Waals surface area contributed by atoms with E-state index in [-0.39, 0.29) is 5.91 Å². The van der Waals surface area contributed by atoms with Crippen LogP contribution < -0.4 is 5.73 Å². The predicted molar refractivity (Wildman–Crippen MR) is 58.7 cm³/mol. The normalized spacial score (nSPS) is 19.7. The van der Waals surface area contributed by atoms with Crippen LogP contribution in [0.5, 0.6) is 0 Å².